The van der Waals surface area contributed by atoms with Crippen molar-refractivity contribution in [2.45, 2.75) is 0 Å². The maximum absolute atomic E-state index is 6.56. The lowest BCUT2D eigenvalue weighted by Gasteiger charge is -2.11. The molecular weight excluding hydrogens is 631 g/mol. The molecule has 0 N–H and O–H groups in total. The van der Waals surface area contributed by atoms with Gasteiger partial charge < -0.3 is 4.42 Å². The number of benzene rings is 8. The number of thiophene rings is 1. The molecule has 0 amide bonds. The largest absolute Gasteiger partial charge is 0.455 e. The normalized spacial score (nSPS) is 12.0. The molecule has 0 fully saturated rings. The number of furan rings is 1. The van der Waals surface area contributed by atoms with Gasteiger partial charge in [-0.2, -0.15) is 0 Å². The minimum atomic E-state index is 0.640. The highest BCUT2D eigenvalue weighted by atomic mass is 32.1. The Morgan fingerprint density at radius 2 is 1.06 bits per heavy atom. The Morgan fingerprint density at radius 3 is 1.92 bits per heavy atom. The average molecular weight is 656 g/mol. The van der Waals surface area contributed by atoms with Gasteiger partial charge in [0.2, 0.25) is 0 Å². The number of nitrogens with zero attached hydrogens (tertiary/aromatic N) is 3. The molecule has 8 aromatic carbocycles. The molecule has 5 heteroatoms. The molecule has 0 bridgehead atoms. The molecular formula is C45H25N3OS. The third-order valence-corrected chi connectivity index (χ3v) is 11.1. The standard InChI is InChI=1S/C45H25N3OS/c1-2-11-27(12-3-1)43-46-44(29-20-21-31-28(24-29)19-23-32-30-13-5-4-10-26(30)18-22-33(31)32)48-45(47-43)37-25-36-34-14-6-8-16-38(34)49-41(36)40-35-15-7-9-17-39(35)50-42(37)40/h1-25H. The fourth-order valence-corrected chi connectivity index (χ4v) is 8.75. The second-order valence-corrected chi connectivity index (χ2v) is 13.8. The van der Waals surface area contributed by atoms with E-state index in [0.717, 1.165) is 54.1 Å². The van der Waals surface area contributed by atoms with Crippen LogP contribution in [0.4, 0.5) is 0 Å². The maximum Gasteiger partial charge on any atom is 0.165 e. The van der Waals surface area contributed by atoms with E-state index in [9.17, 15) is 0 Å². The van der Waals surface area contributed by atoms with Crippen molar-refractivity contribution in [3.63, 3.8) is 0 Å². The second kappa shape index (κ2) is 10.5. The molecule has 0 spiro atoms. The molecule has 0 unspecified atom stereocenters. The molecule has 11 rings (SSSR count). The molecule has 232 valence electrons. The zero-order chi connectivity index (χ0) is 32.8. The minimum absolute atomic E-state index is 0.640. The van der Waals surface area contributed by atoms with Gasteiger partial charge in [-0.3, -0.25) is 0 Å². The third kappa shape index (κ3) is 4.08. The van der Waals surface area contributed by atoms with E-state index in [2.05, 4.69) is 121 Å². The van der Waals surface area contributed by atoms with Crippen LogP contribution in [0.1, 0.15) is 0 Å². The summed E-state index contributed by atoms with van der Waals surface area (Å²) >= 11 is 1.75. The first kappa shape index (κ1) is 27.5. The number of fused-ring (bicyclic) bond motifs is 12. The molecule has 0 aliphatic carbocycles. The van der Waals surface area contributed by atoms with Crippen LogP contribution >= 0.6 is 11.3 Å². The molecule has 0 aliphatic heterocycles. The lowest BCUT2D eigenvalue weighted by molar-refractivity contribution is 0.673. The van der Waals surface area contributed by atoms with E-state index < -0.39 is 0 Å². The van der Waals surface area contributed by atoms with Gasteiger partial charge in [-0.25, -0.2) is 15.0 Å². The molecule has 0 saturated heterocycles. The van der Waals surface area contributed by atoms with Crippen molar-refractivity contribution in [1.29, 1.82) is 0 Å². The molecule has 4 nitrogen and oxygen atoms in total. The van der Waals surface area contributed by atoms with Crippen molar-refractivity contribution in [2.24, 2.45) is 0 Å². The van der Waals surface area contributed by atoms with Crippen LogP contribution in [0.2, 0.25) is 0 Å². The zero-order valence-corrected chi connectivity index (χ0v) is 27.4. The quantitative estimate of drug-likeness (QED) is 0.178. The van der Waals surface area contributed by atoms with Crippen LogP contribution < -0.4 is 0 Å². The summed E-state index contributed by atoms with van der Waals surface area (Å²) in [5.74, 6) is 1.92. The monoisotopic (exact) mass is 655 g/mol. The number of hydrogen-bond donors (Lipinski definition) is 0. The Kier molecular flexibility index (Phi) is 5.80. The molecule has 50 heavy (non-hydrogen) atoms. The van der Waals surface area contributed by atoms with Crippen LogP contribution in [0.25, 0.3) is 109 Å². The minimum Gasteiger partial charge on any atom is -0.455 e. The molecule has 0 aliphatic rings. The summed E-state index contributed by atoms with van der Waals surface area (Å²) in [7, 11) is 0. The first-order valence-corrected chi connectivity index (χ1v) is 17.5. The van der Waals surface area contributed by atoms with E-state index in [1.807, 2.05) is 30.3 Å². The molecule has 0 radical (unpaired) electrons. The third-order valence-electron chi connectivity index (χ3n) is 9.90. The summed E-state index contributed by atoms with van der Waals surface area (Å²) < 4.78 is 8.86. The van der Waals surface area contributed by atoms with E-state index in [0.29, 0.717) is 17.5 Å². The van der Waals surface area contributed by atoms with Gasteiger partial charge in [-0.05, 0) is 56.6 Å². The van der Waals surface area contributed by atoms with Crippen LogP contribution in [0, 0.1) is 0 Å². The van der Waals surface area contributed by atoms with Crippen molar-refractivity contribution in [3.05, 3.63) is 152 Å². The first-order chi connectivity index (χ1) is 24.8. The van der Waals surface area contributed by atoms with Crippen molar-refractivity contribution in [1.82, 2.24) is 15.0 Å². The van der Waals surface area contributed by atoms with E-state index in [4.69, 9.17) is 19.4 Å². The highest BCUT2D eigenvalue weighted by Crippen LogP contribution is 2.46. The Bertz CT molecular complexity index is 3160. The van der Waals surface area contributed by atoms with Crippen molar-refractivity contribution in [2.75, 3.05) is 0 Å². The van der Waals surface area contributed by atoms with Crippen molar-refractivity contribution >= 4 is 85.8 Å². The Morgan fingerprint density at radius 1 is 0.420 bits per heavy atom. The fraction of sp³-hybridized carbons (Fsp3) is 0. The van der Waals surface area contributed by atoms with Crippen LogP contribution in [-0.2, 0) is 0 Å². The van der Waals surface area contributed by atoms with Crippen molar-refractivity contribution < 1.29 is 4.42 Å². The average Bonchev–Trinajstić information content (AvgIpc) is 3.76. The van der Waals surface area contributed by atoms with E-state index >= 15 is 0 Å². The summed E-state index contributed by atoms with van der Waals surface area (Å²) in [6, 6.07) is 53.2. The zero-order valence-electron chi connectivity index (χ0n) is 26.6. The van der Waals surface area contributed by atoms with Crippen LogP contribution in [0.15, 0.2) is 156 Å². The van der Waals surface area contributed by atoms with Gasteiger partial charge in [0.15, 0.2) is 17.5 Å². The van der Waals surface area contributed by atoms with Crippen molar-refractivity contribution in [3.8, 4) is 34.2 Å². The number of hydrogen-bond acceptors (Lipinski definition) is 5. The summed E-state index contributed by atoms with van der Waals surface area (Å²) in [5.41, 5.74) is 4.63. The van der Waals surface area contributed by atoms with E-state index in [-0.39, 0.29) is 0 Å². The summed E-state index contributed by atoms with van der Waals surface area (Å²) in [4.78, 5) is 15.5. The van der Waals surface area contributed by atoms with Gasteiger partial charge in [-0.15, -0.1) is 11.3 Å². The van der Waals surface area contributed by atoms with Gasteiger partial charge >= 0.3 is 0 Å². The van der Waals surface area contributed by atoms with Gasteiger partial charge in [0.1, 0.15) is 11.2 Å². The number of rotatable bonds is 3. The molecule has 3 heterocycles. The van der Waals surface area contributed by atoms with E-state index in [1.54, 1.807) is 11.3 Å². The van der Waals surface area contributed by atoms with E-state index in [1.165, 1.54) is 37.0 Å². The fourth-order valence-electron chi connectivity index (χ4n) is 7.54. The SMILES string of the molecule is c1ccc(-c2nc(-c3ccc4c(ccc5c6ccccc6ccc45)c3)nc(-c3cc4c5ccccc5oc4c4c3sc3ccccc34)n2)cc1. The Hall–Kier alpha value is -6.43. The lowest BCUT2D eigenvalue weighted by atomic mass is 9.96. The predicted molar refractivity (Wildman–Crippen MR) is 209 cm³/mol. The van der Waals surface area contributed by atoms with Gasteiger partial charge in [0.25, 0.3) is 0 Å². The highest BCUT2D eigenvalue weighted by Gasteiger charge is 2.22. The topological polar surface area (TPSA) is 51.8 Å². The molecule has 0 saturated carbocycles. The highest BCUT2D eigenvalue weighted by molar-refractivity contribution is 7.26. The number of aromatic nitrogens is 3. The molecule has 11 aromatic rings. The number of para-hydroxylation sites is 1. The van der Waals surface area contributed by atoms with Crippen LogP contribution in [0.5, 0.6) is 0 Å². The Labute approximate surface area is 289 Å². The second-order valence-electron chi connectivity index (χ2n) is 12.8. The summed E-state index contributed by atoms with van der Waals surface area (Å²) in [5, 5.41) is 11.8. The summed E-state index contributed by atoms with van der Waals surface area (Å²) in [6.07, 6.45) is 0. The van der Waals surface area contributed by atoms with Gasteiger partial charge in [0.05, 0.1) is 4.70 Å². The Balaban J connectivity index is 1.18. The first-order valence-electron chi connectivity index (χ1n) is 16.7. The smallest absolute Gasteiger partial charge is 0.165 e. The van der Waals surface area contributed by atoms with Crippen LogP contribution in [-0.4, -0.2) is 15.0 Å². The van der Waals surface area contributed by atoms with Crippen LogP contribution in [0.3, 0.4) is 0 Å². The summed E-state index contributed by atoms with van der Waals surface area (Å²) in [6.45, 7) is 0. The lowest BCUT2D eigenvalue weighted by Crippen LogP contribution is -2.00. The predicted octanol–water partition coefficient (Wildman–Crippen LogP) is 12.6. The maximum atomic E-state index is 6.56. The molecule has 3 aromatic heterocycles. The van der Waals surface area contributed by atoms with Gasteiger partial charge in [0, 0.05) is 42.9 Å². The molecule has 0 atom stereocenters. The van der Waals surface area contributed by atoms with Gasteiger partial charge in [-0.1, -0.05) is 127 Å².